The van der Waals surface area contributed by atoms with Gasteiger partial charge in [0.15, 0.2) is 5.82 Å². The van der Waals surface area contributed by atoms with Crippen LogP contribution in [0.2, 0.25) is 0 Å². The van der Waals surface area contributed by atoms with Crippen molar-refractivity contribution in [2.24, 2.45) is 0 Å². The van der Waals surface area contributed by atoms with Crippen LogP contribution in [0.1, 0.15) is 36.6 Å². The van der Waals surface area contributed by atoms with Crippen molar-refractivity contribution < 1.29 is 4.79 Å². The lowest BCUT2D eigenvalue weighted by Gasteiger charge is -2.40. The van der Waals surface area contributed by atoms with E-state index in [1.165, 1.54) is 0 Å². The van der Waals surface area contributed by atoms with Crippen LogP contribution in [0, 0.1) is 13.8 Å². The van der Waals surface area contributed by atoms with Crippen molar-refractivity contribution in [3.05, 3.63) is 47.8 Å². The van der Waals surface area contributed by atoms with E-state index in [2.05, 4.69) is 35.8 Å². The third-order valence-corrected chi connectivity index (χ3v) is 4.69. The molecule has 3 aromatic rings. The number of nitrogens with zero attached hydrogens (tertiary/aromatic N) is 3. The average Bonchev–Trinajstić information content (AvgIpc) is 3.20. The Labute approximate surface area is 150 Å². The first-order valence-corrected chi connectivity index (χ1v) is 8.65. The number of anilines is 1. The number of aromatic nitrogens is 5. The molecule has 0 unspecified atom stereocenters. The van der Waals surface area contributed by atoms with Gasteiger partial charge in [-0.2, -0.15) is 5.10 Å². The van der Waals surface area contributed by atoms with E-state index in [-0.39, 0.29) is 6.03 Å². The number of aromatic amines is 2. The first-order chi connectivity index (χ1) is 12.5. The Bertz CT molecular complexity index is 938. The van der Waals surface area contributed by atoms with Gasteiger partial charge >= 0.3 is 6.03 Å². The molecule has 2 amide bonds. The van der Waals surface area contributed by atoms with Crippen molar-refractivity contribution in [1.29, 1.82) is 0 Å². The van der Waals surface area contributed by atoms with Crippen LogP contribution in [-0.2, 0) is 5.54 Å². The molecule has 0 aliphatic heterocycles. The molecule has 0 atom stereocenters. The van der Waals surface area contributed by atoms with Crippen LogP contribution in [0.5, 0.6) is 0 Å². The molecule has 1 saturated carbocycles. The summed E-state index contributed by atoms with van der Waals surface area (Å²) in [5.41, 5.74) is 2.11. The maximum atomic E-state index is 12.6. The number of amides is 2. The fourth-order valence-corrected chi connectivity index (χ4v) is 3.19. The largest absolute Gasteiger partial charge is 0.344 e. The summed E-state index contributed by atoms with van der Waals surface area (Å²) in [6, 6.07) is 7.22. The van der Waals surface area contributed by atoms with Crippen LogP contribution in [0.15, 0.2) is 30.5 Å². The summed E-state index contributed by atoms with van der Waals surface area (Å²) < 4.78 is 0. The predicted octanol–water partition coefficient (Wildman–Crippen LogP) is 3.01. The quantitative estimate of drug-likeness (QED) is 0.579. The summed E-state index contributed by atoms with van der Waals surface area (Å²) in [4.78, 5) is 24.5. The third-order valence-electron chi connectivity index (χ3n) is 4.69. The number of benzene rings is 1. The maximum absolute atomic E-state index is 12.6. The van der Waals surface area contributed by atoms with Gasteiger partial charge in [0.25, 0.3) is 0 Å². The lowest BCUT2D eigenvalue weighted by molar-refractivity contribution is 0.176. The van der Waals surface area contributed by atoms with Gasteiger partial charge in [-0.25, -0.2) is 14.8 Å². The van der Waals surface area contributed by atoms with Crippen LogP contribution < -0.4 is 10.6 Å². The van der Waals surface area contributed by atoms with E-state index in [9.17, 15) is 4.79 Å². The molecule has 0 saturated heterocycles. The molecule has 8 heteroatoms. The summed E-state index contributed by atoms with van der Waals surface area (Å²) >= 11 is 0. The van der Waals surface area contributed by atoms with E-state index in [4.69, 9.17) is 0 Å². The minimum absolute atomic E-state index is 0.248. The highest BCUT2D eigenvalue weighted by atomic mass is 16.2. The molecule has 1 fully saturated rings. The van der Waals surface area contributed by atoms with Gasteiger partial charge in [0.2, 0.25) is 0 Å². The van der Waals surface area contributed by atoms with Crippen LogP contribution in [0.4, 0.5) is 10.5 Å². The van der Waals surface area contributed by atoms with Crippen molar-refractivity contribution >= 4 is 11.7 Å². The lowest BCUT2D eigenvalue weighted by atomic mass is 9.76. The fourth-order valence-electron chi connectivity index (χ4n) is 3.19. The summed E-state index contributed by atoms with van der Waals surface area (Å²) in [6.07, 6.45) is 4.62. The van der Waals surface area contributed by atoms with Crippen molar-refractivity contribution in [3.63, 3.8) is 0 Å². The Morgan fingerprint density at radius 2 is 2.12 bits per heavy atom. The number of nitrogens with one attached hydrogen (secondary N) is 4. The van der Waals surface area contributed by atoms with E-state index in [0.29, 0.717) is 11.5 Å². The molecule has 26 heavy (non-hydrogen) atoms. The number of carbonyl (C=O) groups excluding carboxylic acids is 1. The molecule has 0 spiro atoms. The highest BCUT2D eigenvalue weighted by Gasteiger charge is 2.42. The van der Waals surface area contributed by atoms with Gasteiger partial charge in [-0.3, -0.25) is 5.10 Å². The van der Waals surface area contributed by atoms with Crippen LogP contribution >= 0.6 is 0 Å². The van der Waals surface area contributed by atoms with Crippen molar-refractivity contribution in [1.82, 2.24) is 30.5 Å². The molecule has 1 aromatic carbocycles. The highest BCUT2D eigenvalue weighted by molar-refractivity contribution is 5.90. The molecular weight excluding hydrogens is 330 g/mol. The Kier molecular flexibility index (Phi) is 3.95. The monoisotopic (exact) mass is 351 g/mol. The number of hydrogen-bond acceptors (Lipinski definition) is 4. The highest BCUT2D eigenvalue weighted by Crippen LogP contribution is 2.39. The molecule has 0 bridgehead atoms. The maximum Gasteiger partial charge on any atom is 0.320 e. The van der Waals surface area contributed by atoms with Crippen LogP contribution in [0.25, 0.3) is 11.4 Å². The second kappa shape index (κ2) is 6.29. The van der Waals surface area contributed by atoms with E-state index < -0.39 is 5.54 Å². The number of carbonyl (C=O) groups is 1. The topological polar surface area (TPSA) is 111 Å². The Balaban J connectivity index is 1.48. The van der Waals surface area contributed by atoms with E-state index in [0.717, 1.165) is 42.2 Å². The normalized spacial score (nSPS) is 15.3. The van der Waals surface area contributed by atoms with E-state index in [1.54, 1.807) is 6.20 Å². The molecule has 0 radical (unpaired) electrons. The molecule has 2 heterocycles. The second-order valence-electron chi connectivity index (χ2n) is 6.75. The number of urea groups is 1. The number of rotatable bonds is 4. The summed E-state index contributed by atoms with van der Waals surface area (Å²) in [5, 5.41) is 13.0. The van der Waals surface area contributed by atoms with E-state index in [1.807, 2.05) is 38.1 Å². The van der Waals surface area contributed by atoms with Crippen LogP contribution in [-0.4, -0.2) is 31.2 Å². The zero-order valence-electron chi connectivity index (χ0n) is 14.8. The first kappa shape index (κ1) is 16.3. The van der Waals surface area contributed by atoms with Crippen molar-refractivity contribution in [2.75, 3.05) is 5.32 Å². The Morgan fingerprint density at radius 1 is 1.27 bits per heavy atom. The SMILES string of the molecule is Cc1cnc(C2(NC(=O)Nc3cccc(-c4n[nH]c(C)n4)c3)CCC2)[nH]1. The molecule has 1 aliphatic rings. The van der Waals surface area contributed by atoms with E-state index >= 15 is 0 Å². The molecule has 4 rings (SSSR count). The number of imidazole rings is 1. The minimum atomic E-state index is -0.406. The number of aryl methyl sites for hydroxylation is 2. The van der Waals surface area contributed by atoms with Gasteiger partial charge in [-0.05, 0) is 45.2 Å². The molecule has 134 valence electrons. The average molecular weight is 351 g/mol. The molecule has 8 nitrogen and oxygen atoms in total. The fraction of sp³-hybridized carbons (Fsp3) is 0.333. The molecule has 4 N–H and O–H groups in total. The van der Waals surface area contributed by atoms with Gasteiger partial charge in [0.05, 0.1) is 5.54 Å². The minimum Gasteiger partial charge on any atom is -0.344 e. The van der Waals surface area contributed by atoms with Gasteiger partial charge < -0.3 is 15.6 Å². The molecule has 2 aromatic heterocycles. The molecular formula is C18H21N7O. The van der Waals surface area contributed by atoms with Gasteiger partial charge in [-0.15, -0.1) is 0 Å². The van der Waals surface area contributed by atoms with Crippen LogP contribution in [0.3, 0.4) is 0 Å². The Morgan fingerprint density at radius 3 is 2.73 bits per heavy atom. The molecule has 1 aliphatic carbocycles. The van der Waals surface area contributed by atoms with Crippen molar-refractivity contribution in [3.8, 4) is 11.4 Å². The smallest absolute Gasteiger partial charge is 0.320 e. The summed E-state index contributed by atoms with van der Waals surface area (Å²) in [6.45, 7) is 3.81. The Hall–Kier alpha value is -3.16. The van der Waals surface area contributed by atoms with Gasteiger partial charge in [-0.1, -0.05) is 12.1 Å². The number of hydrogen-bond donors (Lipinski definition) is 4. The zero-order chi connectivity index (χ0) is 18.1. The number of H-pyrrole nitrogens is 2. The van der Waals surface area contributed by atoms with Gasteiger partial charge in [0, 0.05) is 23.1 Å². The zero-order valence-corrected chi connectivity index (χ0v) is 14.8. The third kappa shape index (κ3) is 3.05. The summed E-state index contributed by atoms with van der Waals surface area (Å²) in [7, 11) is 0. The first-order valence-electron chi connectivity index (χ1n) is 8.65. The summed E-state index contributed by atoms with van der Waals surface area (Å²) in [5.74, 6) is 2.17. The van der Waals surface area contributed by atoms with Crippen molar-refractivity contribution in [2.45, 2.75) is 38.6 Å². The predicted molar refractivity (Wildman–Crippen MR) is 97.6 cm³/mol. The standard InChI is InChI=1S/C18H21N7O/c1-11-10-19-16(20-11)18(7-4-8-18)23-17(26)22-14-6-3-5-13(9-14)15-21-12(2)24-25-15/h3,5-6,9-10H,4,7-8H2,1-2H3,(H,19,20)(H,21,24,25)(H2,22,23,26). The second-order valence-corrected chi connectivity index (χ2v) is 6.75. The lowest BCUT2D eigenvalue weighted by Crippen LogP contribution is -2.52. The van der Waals surface area contributed by atoms with Gasteiger partial charge in [0.1, 0.15) is 11.6 Å².